The van der Waals surface area contributed by atoms with Gasteiger partial charge in [0.25, 0.3) is 0 Å². The van der Waals surface area contributed by atoms with E-state index >= 15 is 0 Å². The first-order valence-corrected chi connectivity index (χ1v) is 30.9. The quantitative estimate of drug-likeness (QED) is 0.134. The third kappa shape index (κ3) is 8.09. The molecule has 4 heterocycles. The van der Waals surface area contributed by atoms with Crippen molar-refractivity contribution in [1.29, 1.82) is 0 Å². The fourth-order valence-corrected chi connectivity index (χ4v) is 14.7. The molecule has 1 aliphatic rings. The van der Waals surface area contributed by atoms with Crippen molar-refractivity contribution >= 4 is 104 Å². The van der Waals surface area contributed by atoms with Crippen LogP contribution in [0, 0.1) is 0 Å². The molecule has 0 fully saturated rings. The molecule has 0 spiro atoms. The molecule has 17 aromatic rings. The predicted octanol–water partition coefficient (Wildman–Crippen LogP) is 22.3. The highest BCUT2D eigenvalue weighted by Crippen LogP contribution is 2.47. The fourth-order valence-electron chi connectivity index (χ4n) is 14.7. The molecule has 0 saturated carbocycles. The van der Waals surface area contributed by atoms with E-state index in [0.717, 1.165) is 52.5 Å². The number of aromatic nitrogens is 4. The van der Waals surface area contributed by atoms with Gasteiger partial charge in [0, 0.05) is 82.9 Å². The van der Waals surface area contributed by atoms with Gasteiger partial charge in [-0.2, -0.15) is 0 Å². The Kier molecular flexibility index (Phi) is 11.7. The molecule has 0 atom stereocenters. The highest BCUT2D eigenvalue weighted by atomic mass is 15.2. The molecule has 5 heteroatoms. The Morgan fingerprint density at radius 3 is 1.19 bits per heavy atom. The number of rotatable bonds is 10. The van der Waals surface area contributed by atoms with E-state index in [9.17, 15) is 0 Å². The second kappa shape index (κ2) is 20.5. The van der Waals surface area contributed by atoms with Gasteiger partial charge in [-0.3, -0.25) is 0 Å². The maximum atomic E-state index is 2.53. The van der Waals surface area contributed by atoms with Crippen LogP contribution in [0.15, 0.2) is 327 Å². The maximum absolute atomic E-state index is 2.53. The van der Waals surface area contributed by atoms with Gasteiger partial charge in [0.1, 0.15) is 0 Å². The van der Waals surface area contributed by atoms with Crippen molar-refractivity contribution in [3.8, 4) is 45.0 Å². The van der Waals surface area contributed by atoms with Crippen molar-refractivity contribution in [3.63, 3.8) is 0 Å². The molecule has 0 aliphatic heterocycles. The molecule has 4 aromatic heterocycles. The summed E-state index contributed by atoms with van der Waals surface area (Å²) in [5.74, 6) is 0. The third-order valence-electron chi connectivity index (χ3n) is 18.7. The number of para-hydroxylation sites is 5. The molecular weight excluding hydrogens is 1080 g/mol. The zero-order chi connectivity index (χ0) is 58.5. The molecule has 89 heavy (non-hydrogen) atoms. The molecular formula is C84H57N5. The van der Waals surface area contributed by atoms with Crippen LogP contribution < -0.4 is 4.90 Å². The van der Waals surface area contributed by atoms with Gasteiger partial charge in [-0.25, -0.2) is 0 Å². The van der Waals surface area contributed by atoms with Crippen LogP contribution in [0.3, 0.4) is 0 Å². The average Bonchev–Trinajstić information content (AvgIpc) is 1.58. The first kappa shape index (κ1) is 50.6. The zero-order valence-electron chi connectivity index (χ0n) is 48.7. The summed E-state index contributed by atoms with van der Waals surface area (Å²) in [4.78, 5) is 2.46. The zero-order valence-corrected chi connectivity index (χ0v) is 48.7. The summed E-state index contributed by atoms with van der Waals surface area (Å²) in [6.07, 6.45) is 6.52. The number of anilines is 2. The van der Waals surface area contributed by atoms with Crippen LogP contribution >= 0.6 is 0 Å². The Bertz CT molecular complexity index is 5670. The molecule has 0 bridgehead atoms. The van der Waals surface area contributed by atoms with Gasteiger partial charge in [-0.05, 0) is 168 Å². The number of nitrogens with zero attached hydrogens (tertiary/aromatic N) is 5. The first-order chi connectivity index (χ1) is 44.2. The first-order valence-electron chi connectivity index (χ1n) is 30.9. The normalized spacial score (nSPS) is 12.8. The fraction of sp³-hybridized carbons (Fsp3) is 0.0238. The van der Waals surface area contributed by atoms with Crippen LogP contribution in [0.2, 0.25) is 0 Å². The van der Waals surface area contributed by atoms with Crippen molar-refractivity contribution in [2.24, 2.45) is 0 Å². The average molecular weight is 1140 g/mol. The van der Waals surface area contributed by atoms with Crippen LogP contribution in [0.5, 0.6) is 0 Å². The molecule has 1 aliphatic carbocycles. The number of allylic oxidation sites excluding steroid dienone is 4. The van der Waals surface area contributed by atoms with Crippen LogP contribution in [0.1, 0.15) is 18.4 Å². The number of hydrogen-bond donors (Lipinski definition) is 0. The van der Waals surface area contributed by atoms with E-state index in [1.165, 1.54) is 121 Å². The van der Waals surface area contributed by atoms with Crippen molar-refractivity contribution in [1.82, 2.24) is 18.3 Å². The number of hydrogen-bond acceptors (Lipinski definition) is 1. The van der Waals surface area contributed by atoms with Crippen LogP contribution in [-0.4, -0.2) is 18.3 Å². The monoisotopic (exact) mass is 1140 g/mol. The van der Waals surface area contributed by atoms with E-state index in [-0.39, 0.29) is 0 Å². The van der Waals surface area contributed by atoms with Crippen LogP contribution in [0.25, 0.3) is 138 Å². The Morgan fingerprint density at radius 1 is 0.236 bits per heavy atom. The van der Waals surface area contributed by atoms with E-state index in [0.29, 0.717) is 0 Å². The molecule has 0 unspecified atom stereocenters. The Balaban J connectivity index is 0.836. The number of benzene rings is 13. The number of fused-ring (bicyclic) bond motifs is 14. The lowest BCUT2D eigenvalue weighted by Gasteiger charge is -2.30. The predicted molar refractivity (Wildman–Crippen MR) is 375 cm³/mol. The van der Waals surface area contributed by atoms with Crippen LogP contribution in [-0.2, 0) is 0 Å². The molecule has 5 nitrogen and oxygen atoms in total. The lowest BCUT2D eigenvalue weighted by molar-refractivity contribution is 0.929. The van der Waals surface area contributed by atoms with Gasteiger partial charge in [0.05, 0.1) is 44.1 Å². The Labute approximate surface area is 515 Å². The minimum Gasteiger partial charge on any atom is -0.314 e. The van der Waals surface area contributed by atoms with Crippen LogP contribution in [0.4, 0.5) is 11.4 Å². The van der Waals surface area contributed by atoms with E-state index in [4.69, 9.17) is 0 Å². The summed E-state index contributed by atoms with van der Waals surface area (Å²) in [6.45, 7) is 0. The summed E-state index contributed by atoms with van der Waals surface area (Å²) in [5, 5.41) is 9.76. The highest BCUT2D eigenvalue weighted by molar-refractivity contribution is 6.27. The van der Waals surface area contributed by atoms with Gasteiger partial charge in [-0.1, -0.05) is 200 Å². The summed E-state index contributed by atoms with van der Waals surface area (Å²) >= 11 is 0. The van der Waals surface area contributed by atoms with Crippen molar-refractivity contribution < 1.29 is 0 Å². The summed E-state index contributed by atoms with van der Waals surface area (Å²) < 4.78 is 9.92. The second-order valence-corrected chi connectivity index (χ2v) is 23.5. The van der Waals surface area contributed by atoms with Crippen molar-refractivity contribution in [2.75, 3.05) is 4.90 Å². The van der Waals surface area contributed by atoms with E-state index < -0.39 is 0 Å². The summed E-state index contributed by atoms with van der Waals surface area (Å²) in [5.41, 5.74) is 24.8. The van der Waals surface area contributed by atoms with Gasteiger partial charge < -0.3 is 23.2 Å². The van der Waals surface area contributed by atoms with E-state index in [1.54, 1.807) is 0 Å². The molecule has 0 radical (unpaired) electrons. The largest absolute Gasteiger partial charge is 0.314 e. The lowest BCUT2D eigenvalue weighted by atomic mass is 9.95. The minimum atomic E-state index is 0.910. The van der Waals surface area contributed by atoms with Crippen molar-refractivity contribution in [2.45, 2.75) is 12.8 Å². The minimum absolute atomic E-state index is 0.910. The molecule has 0 saturated heterocycles. The lowest BCUT2D eigenvalue weighted by Crippen LogP contribution is -2.18. The SMILES string of the molecule is C1=C(c2ccccc2)CCC(N(c2ccc(-c3ccccc3)cc2)c2ccc(-n3c4ccc(-c5ccc6c(c5)c5ccc7c8ccccc8n(-c8ccccc8)c7c5n6-c5ccccc5)cc4c4ccc5c(c6ccccc6n5-c5ccccc5)c43)cc2)=C1. The third-order valence-corrected chi connectivity index (χ3v) is 18.7. The van der Waals surface area contributed by atoms with Gasteiger partial charge in [0.2, 0.25) is 0 Å². The van der Waals surface area contributed by atoms with Gasteiger partial charge in [-0.15, -0.1) is 0 Å². The second-order valence-electron chi connectivity index (χ2n) is 23.5. The Hall–Kier alpha value is -11.7. The summed E-state index contributed by atoms with van der Waals surface area (Å²) in [6, 6.07) is 114. The summed E-state index contributed by atoms with van der Waals surface area (Å²) in [7, 11) is 0. The van der Waals surface area contributed by atoms with E-state index in [2.05, 4.69) is 345 Å². The molecule has 418 valence electrons. The van der Waals surface area contributed by atoms with Crippen molar-refractivity contribution in [3.05, 3.63) is 333 Å². The standard InChI is InChI=1S/C84H57N5/c1-6-20-56(21-7-1)58-34-40-65(41-35-58)85(66-42-36-59(37-43-66)57-22-8-2-9-23-57)67-44-46-68(47-45-67)87-78-51-38-60(54-74(78)71-50-53-80-81(82(71)87)73-31-17-19-33-77(73)86(80)62-24-10-3-11-25-62)61-39-52-79-75(55-61)72-49-48-70-69-30-16-18-32-76(69)88(63-26-12-4-13-27-63)83(70)84(72)89(79)64-28-14-5-15-29-64/h1-36,38-42,44-55H,37,43H2. The molecule has 13 aromatic carbocycles. The smallest absolute Gasteiger partial charge is 0.0788 e. The molecule has 0 N–H and O–H groups in total. The topological polar surface area (TPSA) is 23.0 Å². The Morgan fingerprint density at radius 2 is 0.629 bits per heavy atom. The van der Waals surface area contributed by atoms with Gasteiger partial charge >= 0.3 is 0 Å². The highest BCUT2D eigenvalue weighted by Gasteiger charge is 2.26. The van der Waals surface area contributed by atoms with E-state index in [1.807, 2.05) is 0 Å². The molecule has 0 amide bonds. The van der Waals surface area contributed by atoms with Gasteiger partial charge in [0.15, 0.2) is 0 Å². The maximum Gasteiger partial charge on any atom is 0.0788 e. The molecule has 18 rings (SSSR count).